The quantitative estimate of drug-likeness (QED) is 0.412. The van der Waals surface area contributed by atoms with Crippen LogP contribution in [0.25, 0.3) is 0 Å². The molecule has 1 fully saturated rings. The van der Waals surface area contributed by atoms with E-state index in [2.05, 4.69) is 23.3 Å². The summed E-state index contributed by atoms with van der Waals surface area (Å²) in [4.78, 5) is 4.43. The number of nitrogens with two attached hydrogens (primary N) is 1. The SMILES string of the molecule is Cc1ccc(CN=C(N)Nc2ccccc2)c(OC2CCOC2)c1.I. The van der Waals surface area contributed by atoms with E-state index in [9.17, 15) is 0 Å². The Morgan fingerprint density at radius 3 is 2.80 bits per heavy atom. The molecular formula is C19H24IN3O2. The summed E-state index contributed by atoms with van der Waals surface area (Å²) in [5.74, 6) is 1.25. The number of rotatable bonds is 5. The van der Waals surface area contributed by atoms with Crippen molar-refractivity contribution in [3.8, 4) is 5.75 Å². The molecule has 25 heavy (non-hydrogen) atoms. The zero-order valence-electron chi connectivity index (χ0n) is 14.3. The van der Waals surface area contributed by atoms with Gasteiger partial charge in [-0.3, -0.25) is 0 Å². The molecular weight excluding hydrogens is 429 g/mol. The van der Waals surface area contributed by atoms with E-state index in [1.165, 1.54) is 0 Å². The van der Waals surface area contributed by atoms with Crippen LogP contribution in [0.15, 0.2) is 53.5 Å². The van der Waals surface area contributed by atoms with Gasteiger partial charge in [0.15, 0.2) is 5.96 Å². The third kappa shape index (κ3) is 5.89. The number of nitrogens with one attached hydrogen (secondary N) is 1. The number of guanidine groups is 1. The fourth-order valence-electron chi connectivity index (χ4n) is 2.57. The van der Waals surface area contributed by atoms with Gasteiger partial charge >= 0.3 is 0 Å². The first-order chi connectivity index (χ1) is 11.7. The zero-order chi connectivity index (χ0) is 16.8. The molecule has 1 heterocycles. The van der Waals surface area contributed by atoms with Crippen LogP contribution in [0.5, 0.6) is 5.75 Å². The van der Waals surface area contributed by atoms with Crippen molar-refractivity contribution in [2.75, 3.05) is 18.5 Å². The number of benzene rings is 2. The van der Waals surface area contributed by atoms with Crippen molar-refractivity contribution in [3.05, 3.63) is 59.7 Å². The molecule has 0 amide bonds. The van der Waals surface area contributed by atoms with E-state index in [0.29, 0.717) is 19.1 Å². The molecule has 3 N–H and O–H groups in total. The van der Waals surface area contributed by atoms with Crippen LogP contribution in [0, 0.1) is 6.92 Å². The fourth-order valence-corrected chi connectivity index (χ4v) is 2.57. The van der Waals surface area contributed by atoms with Gasteiger partial charge in [0.25, 0.3) is 0 Å². The minimum Gasteiger partial charge on any atom is -0.488 e. The second-order valence-corrected chi connectivity index (χ2v) is 5.91. The molecule has 1 unspecified atom stereocenters. The Hall–Kier alpha value is -1.80. The molecule has 5 nitrogen and oxygen atoms in total. The zero-order valence-corrected chi connectivity index (χ0v) is 16.6. The summed E-state index contributed by atoms with van der Waals surface area (Å²) >= 11 is 0. The van der Waals surface area contributed by atoms with E-state index < -0.39 is 0 Å². The Morgan fingerprint density at radius 1 is 1.28 bits per heavy atom. The van der Waals surface area contributed by atoms with Crippen LogP contribution in [0.3, 0.4) is 0 Å². The highest BCUT2D eigenvalue weighted by atomic mass is 127. The van der Waals surface area contributed by atoms with Crippen LogP contribution < -0.4 is 15.8 Å². The van der Waals surface area contributed by atoms with Crippen molar-refractivity contribution in [2.24, 2.45) is 10.7 Å². The van der Waals surface area contributed by atoms with E-state index in [1.807, 2.05) is 42.5 Å². The molecule has 0 radical (unpaired) electrons. The number of hydrogen-bond donors (Lipinski definition) is 2. The molecule has 0 aliphatic carbocycles. The monoisotopic (exact) mass is 453 g/mol. The van der Waals surface area contributed by atoms with Crippen molar-refractivity contribution in [1.82, 2.24) is 0 Å². The van der Waals surface area contributed by atoms with E-state index in [-0.39, 0.29) is 30.1 Å². The molecule has 1 aliphatic rings. The lowest BCUT2D eigenvalue weighted by molar-refractivity contribution is 0.140. The van der Waals surface area contributed by atoms with E-state index in [0.717, 1.165) is 35.6 Å². The first kappa shape index (κ1) is 19.5. The summed E-state index contributed by atoms with van der Waals surface area (Å²) in [7, 11) is 0. The standard InChI is InChI=1S/C19H23N3O2.HI/c1-14-7-8-15(18(11-14)24-17-9-10-23-13-17)12-21-19(20)22-16-5-3-2-4-6-16;/h2-8,11,17H,9-10,12-13H2,1H3,(H3,20,21,22);1H. The van der Waals surface area contributed by atoms with Gasteiger partial charge < -0.3 is 20.5 Å². The van der Waals surface area contributed by atoms with Gasteiger partial charge in [0.2, 0.25) is 0 Å². The number of para-hydroxylation sites is 1. The molecule has 0 spiro atoms. The van der Waals surface area contributed by atoms with Gasteiger partial charge in [0.05, 0.1) is 19.8 Å². The Bertz CT molecular complexity index is 701. The highest BCUT2D eigenvalue weighted by molar-refractivity contribution is 14.0. The number of hydrogen-bond acceptors (Lipinski definition) is 3. The lowest BCUT2D eigenvalue weighted by atomic mass is 10.1. The van der Waals surface area contributed by atoms with Crippen molar-refractivity contribution in [1.29, 1.82) is 0 Å². The average Bonchev–Trinajstić information content (AvgIpc) is 3.08. The minimum absolute atomic E-state index is 0. The van der Waals surface area contributed by atoms with Crippen LogP contribution in [0.2, 0.25) is 0 Å². The van der Waals surface area contributed by atoms with Crippen LogP contribution in [-0.4, -0.2) is 25.3 Å². The summed E-state index contributed by atoms with van der Waals surface area (Å²) in [5.41, 5.74) is 9.07. The molecule has 134 valence electrons. The van der Waals surface area contributed by atoms with Gasteiger partial charge in [-0.2, -0.15) is 0 Å². The predicted molar refractivity (Wildman–Crippen MR) is 112 cm³/mol. The number of ether oxygens (including phenoxy) is 2. The van der Waals surface area contributed by atoms with Gasteiger partial charge in [0.1, 0.15) is 11.9 Å². The number of halogens is 1. The second kappa shape index (κ2) is 9.62. The topological polar surface area (TPSA) is 68.9 Å². The fraction of sp³-hybridized carbons (Fsp3) is 0.316. The van der Waals surface area contributed by atoms with E-state index >= 15 is 0 Å². The first-order valence-electron chi connectivity index (χ1n) is 8.16. The van der Waals surface area contributed by atoms with Crippen molar-refractivity contribution in [3.63, 3.8) is 0 Å². The van der Waals surface area contributed by atoms with Gasteiger partial charge in [-0.05, 0) is 30.7 Å². The van der Waals surface area contributed by atoms with E-state index in [1.54, 1.807) is 0 Å². The van der Waals surface area contributed by atoms with Gasteiger partial charge in [-0.15, -0.1) is 24.0 Å². The Labute approximate surface area is 165 Å². The molecule has 1 saturated heterocycles. The molecule has 1 atom stereocenters. The molecule has 3 rings (SSSR count). The van der Waals surface area contributed by atoms with Crippen LogP contribution in [0.1, 0.15) is 17.5 Å². The van der Waals surface area contributed by atoms with Crippen LogP contribution in [0.4, 0.5) is 5.69 Å². The lowest BCUT2D eigenvalue weighted by Gasteiger charge is -2.15. The smallest absolute Gasteiger partial charge is 0.193 e. The second-order valence-electron chi connectivity index (χ2n) is 5.91. The van der Waals surface area contributed by atoms with E-state index in [4.69, 9.17) is 15.2 Å². The third-order valence-corrected chi connectivity index (χ3v) is 3.87. The Morgan fingerprint density at radius 2 is 2.08 bits per heavy atom. The maximum Gasteiger partial charge on any atom is 0.193 e. The van der Waals surface area contributed by atoms with Gasteiger partial charge in [0, 0.05) is 17.7 Å². The minimum atomic E-state index is 0. The molecule has 2 aromatic rings. The molecule has 0 saturated carbocycles. The summed E-state index contributed by atoms with van der Waals surface area (Å²) in [6.45, 7) is 3.93. The number of aliphatic imine (C=N–C) groups is 1. The van der Waals surface area contributed by atoms with Crippen molar-refractivity contribution in [2.45, 2.75) is 26.0 Å². The maximum absolute atomic E-state index is 6.08. The normalized spacial score (nSPS) is 17.0. The summed E-state index contributed by atoms with van der Waals surface area (Å²) in [5, 5.41) is 3.08. The number of anilines is 1. The molecule has 6 heteroatoms. The average molecular weight is 453 g/mol. The number of nitrogens with zero attached hydrogens (tertiary/aromatic N) is 1. The molecule has 0 bridgehead atoms. The maximum atomic E-state index is 6.08. The molecule has 0 aromatic heterocycles. The summed E-state index contributed by atoms with van der Waals surface area (Å²) in [6, 6.07) is 15.9. The Kier molecular flexibility index (Phi) is 7.52. The summed E-state index contributed by atoms with van der Waals surface area (Å²) < 4.78 is 11.5. The van der Waals surface area contributed by atoms with Crippen molar-refractivity contribution < 1.29 is 9.47 Å². The van der Waals surface area contributed by atoms with Crippen molar-refractivity contribution >= 4 is 35.6 Å². The lowest BCUT2D eigenvalue weighted by Crippen LogP contribution is -2.22. The predicted octanol–water partition coefficient (Wildman–Crippen LogP) is 3.71. The van der Waals surface area contributed by atoms with Gasteiger partial charge in [-0.25, -0.2) is 4.99 Å². The molecule has 1 aliphatic heterocycles. The first-order valence-corrected chi connectivity index (χ1v) is 8.16. The van der Waals surface area contributed by atoms with Crippen LogP contribution >= 0.6 is 24.0 Å². The number of aryl methyl sites for hydroxylation is 1. The highest BCUT2D eigenvalue weighted by Crippen LogP contribution is 2.24. The van der Waals surface area contributed by atoms with Gasteiger partial charge in [-0.1, -0.05) is 30.3 Å². The third-order valence-electron chi connectivity index (χ3n) is 3.87. The van der Waals surface area contributed by atoms with Crippen LogP contribution in [-0.2, 0) is 11.3 Å². The highest BCUT2D eigenvalue weighted by Gasteiger charge is 2.18. The largest absolute Gasteiger partial charge is 0.488 e. The summed E-state index contributed by atoms with van der Waals surface area (Å²) in [6.07, 6.45) is 1.04. The molecule has 2 aromatic carbocycles. The Balaban J connectivity index is 0.00000225.